The average molecular weight is 445 g/mol. The highest BCUT2D eigenvalue weighted by Gasteiger charge is 2.61. The minimum atomic E-state index is -0.301. The second kappa shape index (κ2) is 8.89. The van der Waals surface area contributed by atoms with Gasteiger partial charge in [0, 0.05) is 6.42 Å². The SMILES string of the molecule is COC(=O)C(C)CCC[C@@H](C)[C@H]1CC[C@H]2[C@@H]3[C@H](O)CC4=CC(=O)CC[C@]4(C)[C@H]3CC[C@]12C. The summed E-state index contributed by atoms with van der Waals surface area (Å²) >= 11 is 0. The standard InChI is InChI=1S/C28H44O4/c1-17(7-6-8-18(2)26(31)32-5)21-9-10-22-25-23(12-14-28(21,22)4)27(3)13-11-20(29)15-19(27)16-24(25)30/h15,17-18,21-25,30H,6-14,16H2,1-5H3/t17-,18?,21-,22+,23+,24-,25+,27+,28-/m1/s1. The molecule has 0 saturated heterocycles. The van der Waals surface area contributed by atoms with Gasteiger partial charge in [-0.05, 0) is 91.4 Å². The molecule has 0 aromatic heterocycles. The number of carbonyl (C=O) groups excluding carboxylic acids is 2. The lowest BCUT2D eigenvalue weighted by Crippen LogP contribution is -2.55. The summed E-state index contributed by atoms with van der Waals surface area (Å²) in [6.07, 6.45) is 12.0. The highest BCUT2D eigenvalue weighted by molar-refractivity contribution is 5.91. The fourth-order valence-corrected chi connectivity index (χ4v) is 8.77. The van der Waals surface area contributed by atoms with Gasteiger partial charge in [-0.15, -0.1) is 0 Å². The third-order valence-electron chi connectivity index (χ3n) is 10.6. The van der Waals surface area contributed by atoms with Crippen molar-refractivity contribution >= 4 is 11.8 Å². The summed E-state index contributed by atoms with van der Waals surface area (Å²) in [4.78, 5) is 23.8. The Morgan fingerprint density at radius 2 is 1.91 bits per heavy atom. The number of ether oxygens (including phenoxy) is 1. The summed E-state index contributed by atoms with van der Waals surface area (Å²) in [7, 11) is 1.47. The third-order valence-corrected chi connectivity index (χ3v) is 10.6. The summed E-state index contributed by atoms with van der Waals surface area (Å²) in [6, 6.07) is 0. The Morgan fingerprint density at radius 3 is 2.62 bits per heavy atom. The lowest BCUT2D eigenvalue weighted by atomic mass is 9.45. The Bertz CT molecular complexity index is 771. The summed E-state index contributed by atoms with van der Waals surface area (Å²) < 4.78 is 4.88. The number of aliphatic hydroxyl groups excluding tert-OH is 1. The molecule has 1 N–H and O–H groups in total. The van der Waals surface area contributed by atoms with E-state index in [-0.39, 0.29) is 29.2 Å². The van der Waals surface area contributed by atoms with Gasteiger partial charge in [-0.25, -0.2) is 0 Å². The van der Waals surface area contributed by atoms with Crippen molar-refractivity contribution in [2.24, 2.45) is 46.3 Å². The molecule has 180 valence electrons. The maximum atomic E-state index is 12.1. The van der Waals surface area contributed by atoms with E-state index in [2.05, 4.69) is 20.8 Å². The molecule has 0 aromatic rings. The molecule has 4 nitrogen and oxygen atoms in total. The average Bonchev–Trinajstić information content (AvgIpc) is 3.11. The molecule has 0 spiro atoms. The first kappa shape index (κ1) is 24.0. The second-order valence-corrected chi connectivity index (χ2v) is 12.2. The van der Waals surface area contributed by atoms with Gasteiger partial charge in [0.15, 0.2) is 5.78 Å². The van der Waals surface area contributed by atoms with Crippen molar-refractivity contribution in [2.75, 3.05) is 7.11 Å². The lowest BCUT2D eigenvalue weighted by molar-refractivity contribution is -0.145. The van der Waals surface area contributed by atoms with Crippen molar-refractivity contribution in [3.63, 3.8) is 0 Å². The second-order valence-electron chi connectivity index (χ2n) is 12.2. The van der Waals surface area contributed by atoms with Crippen LogP contribution in [0.15, 0.2) is 11.6 Å². The molecule has 4 aliphatic carbocycles. The van der Waals surface area contributed by atoms with Crippen LogP contribution in [0.4, 0.5) is 0 Å². The molecule has 0 aliphatic heterocycles. The summed E-state index contributed by atoms with van der Waals surface area (Å²) in [6.45, 7) is 9.29. The van der Waals surface area contributed by atoms with E-state index in [9.17, 15) is 14.7 Å². The predicted molar refractivity (Wildman–Crippen MR) is 126 cm³/mol. The minimum absolute atomic E-state index is 0.0164. The molecule has 4 aliphatic rings. The first-order valence-electron chi connectivity index (χ1n) is 13.1. The monoisotopic (exact) mass is 444 g/mol. The van der Waals surface area contributed by atoms with Crippen LogP contribution >= 0.6 is 0 Å². The zero-order valence-electron chi connectivity index (χ0n) is 20.9. The van der Waals surface area contributed by atoms with Gasteiger partial charge < -0.3 is 9.84 Å². The van der Waals surface area contributed by atoms with Crippen molar-refractivity contribution in [3.8, 4) is 0 Å². The molecule has 0 heterocycles. The highest BCUT2D eigenvalue weighted by atomic mass is 16.5. The van der Waals surface area contributed by atoms with E-state index in [1.165, 1.54) is 38.4 Å². The van der Waals surface area contributed by atoms with Crippen LogP contribution in [0.2, 0.25) is 0 Å². The van der Waals surface area contributed by atoms with Crippen molar-refractivity contribution in [1.82, 2.24) is 0 Å². The van der Waals surface area contributed by atoms with E-state index in [1.54, 1.807) is 0 Å². The van der Waals surface area contributed by atoms with E-state index >= 15 is 0 Å². The first-order valence-corrected chi connectivity index (χ1v) is 13.1. The first-order chi connectivity index (χ1) is 15.1. The number of ketones is 1. The molecule has 1 unspecified atom stereocenters. The summed E-state index contributed by atoms with van der Waals surface area (Å²) in [5.41, 5.74) is 1.64. The van der Waals surface area contributed by atoms with Crippen molar-refractivity contribution in [3.05, 3.63) is 11.6 Å². The number of carbonyl (C=O) groups is 2. The van der Waals surface area contributed by atoms with Crippen LogP contribution < -0.4 is 0 Å². The van der Waals surface area contributed by atoms with Crippen LogP contribution in [-0.2, 0) is 14.3 Å². The fourth-order valence-electron chi connectivity index (χ4n) is 8.77. The number of aliphatic hydroxyl groups is 1. The number of fused-ring (bicyclic) bond motifs is 5. The Balaban J connectivity index is 1.46. The molecule has 0 amide bonds. The van der Waals surface area contributed by atoms with Crippen LogP contribution in [0, 0.1) is 46.3 Å². The molecule has 3 saturated carbocycles. The van der Waals surface area contributed by atoms with Crippen LogP contribution in [-0.4, -0.2) is 30.1 Å². The van der Waals surface area contributed by atoms with Gasteiger partial charge >= 0.3 is 5.97 Å². The number of hydrogen-bond acceptors (Lipinski definition) is 4. The lowest BCUT2D eigenvalue weighted by Gasteiger charge is -2.60. The van der Waals surface area contributed by atoms with E-state index in [0.29, 0.717) is 47.8 Å². The molecule has 9 atom stereocenters. The summed E-state index contributed by atoms with van der Waals surface area (Å²) in [5.74, 6) is 2.96. The van der Waals surface area contributed by atoms with Crippen LogP contribution in [0.25, 0.3) is 0 Å². The van der Waals surface area contributed by atoms with Crippen LogP contribution in [0.3, 0.4) is 0 Å². The fraction of sp³-hybridized carbons (Fsp3) is 0.857. The number of hydrogen-bond donors (Lipinski definition) is 1. The quantitative estimate of drug-likeness (QED) is 0.532. The van der Waals surface area contributed by atoms with E-state index in [1.807, 2.05) is 13.0 Å². The van der Waals surface area contributed by atoms with Crippen LogP contribution in [0.1, 0.15) is 91.9 Å². The maximum absolute atomic E-state index is 12.1. The predicted octanol–water partition coefficient (Wildman–Crippen LogP) is 5.72. The Kier molecular flexibility index (Phi) is 6.66. The topological polar surface area (TPSA) is 63.6 Å². The molecular formula is C28H44O4. The largest absolute Gasteiger partial charge is 0.469 e. The van der Waals surface area contributed by atoms with Gasteiger partial charge in [0.05, 0.1) is 19.1 Å². The molecule has 0 aromatic carbocycles. The van der Waals surface area contributed by atoms with E-state index in [4.69, 9.17) is 4.74 Å². The Hall–Kier alpha value is -1.16. The molecule has 3 fully saturated rings. The molecule has 32 heavy (non-hydrogen) atoms. The molecule has 0 bridgehead atoms. The molecular weight excluding hydrogens is 400 g/mol. The Labute approximate surface area is 194 Å². The third kappa shape index (κ3) is 3.89. The van der Waals surface area contributed by atoms with E-state index < -0.39 is 0 Å². The van der Waals surface area contributed by atoms with Crippen molar-refractivity contribution in [2.45, 2.75) is 98.0 Å². The number of rotatable bonds is 6. The van der Waals surface area contributed by atoms with Crippen LogP contribution in [0.5, 0.6) is 0 Å². The normalized spacial score (nSPS) is 42.9. The van der Waals surface area contributed by atoms with Gasteiger partial charge in [-0.3, -0.25) is 9.59 Å². The summed E-state index contributed by atoms with van der Waals surface area (Å²) in [5, 5.41) is 11.3. The maximum Gasteiger partial charge on any atom is 0.308 e. The smallest absolute Gasteiger partial charge is 0.308 e. The zero-order valence-corrected chi connectivity index (χ0v) is 20.9. The molecule has 4 rings (SSSR count). The molecule has 4 heteroatoms. The van der Waals surface area contributed by atoms with Gasteiger partial charge in [-0.2, -0.15) is 0 Å². The molecule has 0 radical (unpaired) electrons. The minimum Gasteiger partial charge on any atom is -0.469 e. The van der Waals surface area contributed by atoms with Gasteiger partial charge in [0.1, 0.15) is 0 Å². The zero-order chi connectivity index (χ0) is 23.3. The van der Waals surface area contributed by atoms with Gasteiger partial charge in [0.2, 0.25) is 0 Å². The van der Waals surface area contributed by atoms with Crippen molar-refractivity contribution in [1.29, 1.82) is 0 Å². The number of methoxy groups -OCH3 is 1. The van der Waals surface area contributed by atoms with Gasteiger partial charge in [-0.1, -0.05) is 46.1 Å². The van der Waals surface area contributed by atoms with E-state index in [0.717, 1.165) is 25.7 Å². The van der Waals surface area contributed by atoms with Crippen molar-refractivity contribution < 1.29 is 19.4 Å². The van der Waals surface area contributed by atoms with Gasteiger partial charge in [0.25, 0.3) is 0 Å². The Morgan fingerprint density at radius 1 is 1.16 bits per heavy atom. The highest BCUT2D eigenvalue weighted by Crippen LogP contribution is 2.67. The number of esters is 1.